The van der Waals surface area contributed by atoms with Crippen molar-refractivity contribution in [3.05, 3.63) is 65.5 Å². The van der Waals surface area contributed by atoms with Gasteiger partial charge in [0.2, 0.25) is 0 Å². The fraction of sp³-hybridized carbons (Fsp3) is 0.250. The van der Waals surface area contributed by atoms with Gasteiger partial charge in [0.25, 0.3) is 0 Å². The lowest BCUT2D eigenvalue weighted by atomic mass is 9.89. The quantitative estimate of drug-likeness (QED) is 0.882. The summed E-state index contributed by atoms with van der Waals surface area (Å²) in [7, 11) is 1.56. The molecule has 20 heavy (non-hydrogen) atoms. The molecular weight excluding hydrogens is 257 g/mol. The maximum atomic E-state index is 13.0. The molecule has 2 aromatic rings. The molecule has 0 saturated heterocycles. The van der Waals surface area contributed by atoms with Crippen molar-refractivity contribution in [2.24, 2.45) is 5.73 Å². The van der Waals surface area contributed by atoms with Crippen molar-refractivity contribution in [1.82, 2.24) is 0 Å². The second kappa shape index (κ2) is 6.50. The van der Waals surface area contributed by atoms with Crippen molar-refractivity contribution < 1.29 is 14.2 Å². The summed E-state index contributed by atoms with van der Waals surface area (Å²) in [5.74, 6) is -0.0104. The minimum Gasteiger partial charge on any atom is -0.496 e. The van der Waals surface area contributed by atoms with Gasteiger partial charge in [0.15, 0.2) is 0 Å². The summed E-state index contributed by atoms with van der Waals surface area (Å²) in [6.45, 7) is 0.255. The maximum absolute atomic E-state index is 13.0. The van der Waals surface area contributed by atoms with Gasteiger partial charge in [0.05, 0.1) is 13.2 Å². The fourth-order valence-corrected chi connectivity index (χ4v) is 2.28. The number of nitrogens with two attached hydrogens (primary N) is 1. The second-order valence-corrected chi connectivity index (χ2v) is 4.58. The molecule has 0 fully saturated rings. The lowest BCUT2D eigenvalue weighted by Gasteiger charge is -2.23. The molecule has 2 aromatic carbocycles. The molecule has 3 nitrogen and oxygen atoms in total. The summed E-state index contributed by atoms with van der Waals surface area (Å²) in [4.78, 5) is 0. The Hall–Kier alpha value is -1.91. The van der Waals surface area contributed by atoms with Gasteiger partial charge in [-0.1, -0.05) is 30.3 Å². The summed E-state index contributed by atoms with van der Waals surface area (Å²) < 4.78 is 18.2. The van der Waals surface area contributed by atoms with Gasteiger partial charge >= 0.3 is 0 Å². The molecule has 0 amide bonds. The average molecular weight is 275 g/mol. The molecule has 0 spiro atoms. The average Bonchev–Trinajstić information content (AvgIpc) is 2.49. The first-order valence-corrected chi connectivity index (χ1v) is 6.44. The molecule has 0 aliphatic rings. The maximum Gasteiger partial charge on any atom is 0.124 e. The van der Waals surface area contributed by atoms with E-state index < -0.39 is 6.10 Å². The highest BCUT2D eigenvalue weighted by Crippen LogP contribution is 2.34. The van der Waals surface area contributed by atoms with Gasteiger partial charge in [0, 0.05) is 18.0 Å². The number of aliphatic hydroxyl groups excluding tert-OH is 1. The van der Waals surface area contributed by atoms with Crippen LogP contribution < -0.4 is 10.5 Å². The van der Waals surface area contributed by atoms with Crippen LogP contribution in [0.5, 0.6) is 5.75 Å². The van der Waals surface area contributed by atoms with Gasteiger partial charge in [-0.3, -0.25) is 0 Å². The third-order valence-electron chi connectivity index (χ3n) is 3.39. The second-order valence-electron chi connectivity index (χ2n) is 4.58. The first kappa shape index (κ1) is 14.5. The highest BCUT2D eigenvalue weighted by atomic mass is 19.1. The summed E-state index contributed by atoms with van der Waals surface area (Å²) >= 11 is 0. The molecule has 0 bridgehead atoms. The molecule has 106 valence electrons. The Bertz CT molecular complexity index is 557. The monoisotopic (exact) mass is 275 g/mol. The molecule has 0 aromatic heterocycles. The van der Waals surface area contributed by atoms with E-state index in [0.29, 0.717) is 11.3 Å². The van der Waals surface area contributed by atoms with Crippen LogP contribution in [0.15, 0.2) is 48.5 Å². The molecule has 3 N–H and O–H groups in total. The number of hydrogen-bond acceptors (Lipinski definition) is 3. The Morgan fingerprint density at radius 2 is 1.80 bits per heavy atom. The molecule has 0 aliphatic heterocycles. The van der Waals surface area contributed by atoms with Crippen molar-refractivity contribution in [3.8, 4) is 5.75 Å². The van der Waals surface area contributed by atoms with Crippen molar-refractivity contribution in [2.45, 2.75) is 12.0 Å². The number of para-hydroxylation sites is 1. The van der Waals surface area contributed by atoms with Crippen molar-refractivity contribution in [2.75, 3.05) is 13.7 Å². The van der Waals surface area contributed by atoms with Crippen LogP contribution in [-0.4, -0.2) is 18.8 Å². The minimum atomic E-state index is -0.804. The smallest absolute Gasteiger partial charge is 0.124 e. The SMILES string of the molecule is COc1ccccc1C(O)C(CN)c1ccc(F)cc1. The molecule has 0 saturated carbocycles. The van der Waals surface area contributed by atoms with E-state index in [4.69, 9.17) is 10.5 Å². The van der Waals surface area contributed by atoms with Crippen LogP contribution >= 0.6 is 0 Å². The number of methoxy groups -OCH3 is 1. The van der Waals surface area contributed by atoms with Gasteiger partial charge in [-0.2, -0.15) is 0 Å². The summed E-state index contributed by atoms with van der Waals surface area (Å²) in [6.07, 6.45) is -0.804. The standard InChI is InChI=1S/C16H18FNO2/c1-20-15-5-3-2-4-13(15)16(19)14(10-18)11-6-8-12(17)9-7-11/h2-9,14,16,19H,10,18H2,1H3. The van der Waals surface area contributed by atoms with Crippen LogP contribution in [0, 0.1) is 5.82 Å². The number of ether oxygens (including phenoxy) is 1. The molecule has 2 rings (SSSR count). The third-order valence-corrected chi connectivity index (χ3v) is 3.39. The number of aliphatic hydroxyl groups is 1. The molecule has 0 radical (unpaired) electrons. The molecular formula is C16H18FNO2. The molecule has 2 unspecified atom stereocenters. The van der Waals surface area contributed by atoms with Gasteiger partial charge in [0.1, 0.15) is 11.6 Å². The van der Waals surface area contributed by atoms with Gasteiger partial charge in [-0.15, -0.1) is 0 Å². The van der Waals surface area contributed by atoms with E-state index in [1.54, 1.807) is 31.4 Å². The minimum absolute atomic E-state index is 0.255. The molecule has 2 atom stereocenters. The summed E-state index contributed by atoms with van der Waals surface area (Å²) in [5, 5.41) is 10.6. The Kier molecular flexibility index (Phi) is 4.71. The largest absolute Gasteiger partial charge is 0.496 e. The fourth-order valence-electron chi connectivity index (χ4n) is 2.28. The Morgan fingerprint density at radius 3 is 2.40 bits per heavy atom. The molecule has 4 heteroatoms. The van der Waals surface area contributed by atoms with Gasteiger partial charge in [-0.25, -0.2) is 4.39 Å². The lowest BCUT2D eigenvalue weighted by molar-refractivity contribution is 0.143. The van der Waals surface area contributed by atoms with E-state index in [-0.39, 0.29) is 18.3 Å². The van der Waals surface area contributed by atoms with Crippen molar-refractivity contribution in [3.63, 3.8) is 0 Å². The first-order chi connectivity index (χ1) is 9.67. The van der Waals surface area contributed by atoms with Crippen LogP contribution in [0.25, 0.3) is 0 Å². The van der Waals surface area contributed by atoms with E-state index in [2.05, 4.69) is 0 Å². The topological polar surface area (TPSA) is 55.5 Å². The van der Waals surface area contributed by atoms with Crippen LogP contribution in [0.1, 0.15) is 23.1 Å². The van der Waals surface area contributed by atoms with Gasteiger partial charge < -0.3 is 15.6 Å². The van der Waals surface area contributed by atoms with E-state index in [1.165, 1.54) is 12.1 Å². The highest BCUT2D eigenvalue weighted by Gasteiger charge is 2.24. The van der Waals surface area contributed by atoms with Crippen LogP contribution in [-0.2, 0) is 0 Å². The number of halogens is 1. The predicted octanol–water partition coefficient (Wildman–Crippen LogP) is 2.61. The number of benzene rings is 2. The van der Waals surface area contributed by atoms with Crippen LogP contribution in [0.2, 0.25) is 0 Å². The van der Waals surface area contributed by atoms with E-state index in [0.717, 1.165) is 5.56 Å². The summed E-state index contributed by atoms with van der Waals surface area (Å²) in [5.41, 5.74) is 7.25. The Balaban J connectivity index is 2.33. The van der Waals surface area contributed by atoms with Crippen molar-refractivity contribution in [1.29, 1.82) is 0 Å². The van der Waals surface area contributed by atoms with E-state index in [9.17, 15) is 9.50 Å². The number of hydrogen-bond donors (Lipinski definition) is 2. The van der Waals surface area contributed by atoms with E-state index >= 15 is 0 Å². The molecule has 0 heterocycles. The zero-order valence-corrected chi connectivity index (χ0v) is 11.3. The van der Waals surface area contributed by atoms with Gasteiger partial charge in [-0.05, 0) is 23.8 Å². The molecule has 0 aliphatic carbocycles. The zero-order chi connectivity index (χ0) is 14.5. The lowest BCUT2D eigenvalue weighted by Crippen LogP contribution is -2.20. The van der Waals surface area contributed by atoms with Crippen LogP contribution in [0.4, 0.5) is 4.39 Å². The Labute approximate surface area is 117 Å². The highest BCUT2D eigenvalue weighted by molar-refractivity contribution is 5.37. The van der Waals surface area contributed by atoms with Crippen LogP contribution in [0.3, 0.4) is 0 Å². The zero-order valence-electron chi connectivity index (χ0n) is 11.3. The third kappa shape index (κ3) is 2.98. The van der Waals surface area contributed by atoms with Crippen molar-refractivity contribution >= 4 is 0 Å². The first-order valence-electron chi connectivity index (χ1n) is 6.44. The predicted molar refractivity (Wildman–Crippen MR) is 76.1 cm³/mol. The van der Waals surface area contributed by atoms with E-state index in [1.807, 2.05) is 12.1 Å². The normalized spacial score (nSPS) is 13.8. The Morgan fingerprint density at radius 1 is 1.15 bits per heavy atom. The summed E-state index contributed by atoms with van der Waals surface area (Å²) in [6, 6.07) is 13.3. The number of rotatable bonds is 5.